The quantitative estimate of drug-likeness (QED) is 0.655. The molecule has 2 atom stereocenters. The SMILES string of the molecule is CCSc1ccc(OC2(CC)C(CC)=C(C(=O)O)C=CC2C(=O)O)cc1. The van der Waals surface area contributed by atoms with Crippen molar-refractivity contribution in [2.24, 2.45) is 5.92 Å². The van der Waals surface area contributed by atoms with Crippen LogP contribution < -0.4 is 4.74 Å². The van der Waals surface area contributed by atoms with Gasteiger partial charge < -0.3 is 14.9 Å². The van der Waals surface area contributed by atoms with Gasteiger partial charge in [0.1, 0.15) is 17.3 Å². The number of hydrogen-bond acceptors (Lipinski definition) is 4. The van der Waals surface area contributed by atoms with Crippen molar-refractivity contribution < 1.29 is 24.5 Å². The lowest BCUT2D eigenvalue weighted by Gasteiger charge is -2.41. The molecule has 1 aliphatic rings. The molecule has 140 valence electrons. The summed E-state index contributed by atoms with van der Waals surface area (Å²) in [4.78, 5) is 24.6. The number of carboxylic acid groups (broad SMARTS) is 2. The maximum absolute atomic E-state index is 11.9. The monoisotopic (exact) mass is 376 g/mol. The van der Waals surface area contributed by atoms with E-state index < -0.39 is 23.5 Å². The summed E-state index contributed by atoms with van der Waals surface area (Å²) in [5, 5.41) is 19.3. The van der Waals surface area contributed by atoms with Gasteiger partial charge in [-0.15, -0.1) is 11.8 Å². The molecule has 0 aliphatic heterocycles. The molecule has 5 nitrogen and oxygen atoms in total. The molecule has 1 aromatic carbocycles. The molecular weight excluding hydrogens is 352 g/mol. The van der Waals surface area contributed by atoms with Crippen molar-refractivity contribution >= 4 is 23.7 Å². The fourth-order valence-electron chi connectivity index (χ4n) is 3.45. The minimum atomic E-state index is -1.22. The highest BCUT2D eigenvalue weighted by atomic mass is 32.2. The summed E-state index contributed by atoms with van der Waals surface area (Å²) < 4.78 is 6.22. The number of rotatable bonds is 8. The van der Waals surface area contributed by atoms with Crippen LogP contribution in [0.25, 0.3) is 0 Å². The van der Waals surface area contributed by atoms with E-state index in [1.807, 2.05) is 26.0 Å². The van der Waals surface area contributed by atoms with Crippen molar-refractivity contribution in [2.75, 3.05) is 5.75 Å². The normalized spacial score (nSPS) is 22.3. The lowest BCUT2D eigenvalue weighted by Crippen LogP contribution is -2.50. The van der Waals surface area contributed by atoms with E-state index in [2.05, 4.69) is 6.92 Å². The Bertz CT molecular complexity index is 735. The second-order valence-corrected chi connectivity index (χ2v) is 7.31. The van der Waals surface area contributed by atoms with Gasteiger partial charge in [0.2, 0.25) is 0 Å². The zero-order chi connectivity index (χ0) is 19.3. The molecule has 1 aromatic rings. The van der Waals surface area contributed by atoms with Crippen molar-refractivity contribution in [3.63, 3.8) is 0 Å². The number of aliphatic carboxylic acids is 2. The highest BCUT2D eigenvalue weighted by Crippen LogP contribution is 2.42. The van der Waals surface area contributed by atoms with E-state index in [9.17, 15) is 19.8 Å². The Hall–Kier alpha value is -2.21. The first-order valence-electron chi connectivity index (χ1n) is 8.69. The minimum Gasteiger partial charge on any atom is -0.482 e. The first-order valence-corrected chi connectivity index (χ1v) is 9.67. The van der Waals surface area contributed by atoms with Crippen LogP contribution in [-0.4, -0.2) is 33.5 Å². The van der Waals surface area contributed by atoms with Crippen LogP contribution in [0.1, 0.15) is 33.6 Å². The predicted molar refractivity (Wildman–Crippen MR) is 102 cm³/mol. The van der Waals surface area contributed by atoms with Crippen LogP contribution in [0.3, 0.4) is 0 Å². The van der Waals surface area contributed by atoms with Crippen LogP contribution in [0.4, 0.5) is 0 Å². The number of carbonyl (C=O) groups is 2. The van der Waals surface area contributed by atoms with Crippen LogP contribution in [0.5, 0.6) is 5.75 Å². The maximum Gasteiger partial charge on any atom is 0.335 e. The Balaban J connectivity index is 2.52. The Morgan fingerprint density at radius 1 is 1.15 bits per heavy atom. The Morgan fingerprint density at radius 2 is 1.81 bits per heavy atom. The van der Waals surface area contributed by atoms with Crippen molar-refractivity contribution in [3.8, 4) is 5.75 Å². The third kappa shape index (κ3) is 3.80. The average Bonchev–Trinajstić information content (AvgIpc) is 2.62. The minimum absolute atomic E-state index is 0.116. The number of thioether (sulfide) groups is 1. The Kier molecular flexibility index (Phi) is 6.53. The molecular formula is C20H24O5S. The molecule has 0 amide bonds. The molecule has 0 spiro atoms. The summed E-state index contributed by atoms with van der Waals surface area (Å²) in [5.41, 5.74) is -0.595. The van der Waals surface area contributed by atoms with Gasteiger partial charge in [-0.25, -0.2) is 4.79 Å². The molecule has 26 heavy (non-hydrogen) atoms. The molecule has 0 saturated carbocycles. The summed E-state index contributed by atoms with van der Waals surface area (Å²) in [6, 6.07) is 7.46. The van der Waals surface area contributed by atoms with E-state index >= 15 is 0 Å². The number of ether oxygens (including phenoxy) is 1. The van der Waals surface area contributed by atoms with E-state index in [1.165, 1.54) is 12.2 Å². The molecule has 0 saturated heterocycles. The van der Waals surface area contributed by atoms with E-state index in [0.29, 0.717) is 24.2 Å². The van der Waals surface area contributed by atoms with Crippen LogP contribution in [0, 0.1) is 5.92 Å². The summed E-state index contributed by atoms with van der Waals surface area (Å²) in [7, 11) is 0. The van der Waals surface area contributed by atoms with Crippen LogP contribution in [0.2, 0.25) is 0 Å². The average molecular weight is 376 g/mol. The van der Waals surface area contributed by atoms with E-state index in [1.54, 1.807) is 23.9 Å². The summed E-state index contributed by atoms with van der Waals surface area (Å²) in [6.07, 6.45) is 3.56. The number of carboxylic acids is 2. The van der Waals surface area contributed by atoms with Gasteiger partial charge in [0.05, 0.1) is 5.57 Å². The van der Waals surface area contributed by atoms with Crippen molar-refractivity contribution in [1.82, 2.24) is 0 Å². The zero-order valence-electron chi connectivity index (χ0n) is 15.2. The largest absolute Gasteiger partial charge is 0.482 e. The third-order valence-electron chi connectivity index (χ3n) is 4.60. The van der Waals surface area contributed by atoms with Crippen LogP contribution in [0.15, 0.2) is 52.5 Å². The van der Waals surface area contributed by atoms with Gasteiger partial charge in [-0.3, -0.25) is 4.79 Å². The molecule has 2 N–H and O–H groups in total. The Labute approximate surface area is 157 Å². The maximum atomic E-state index is 11.9. The fourth-order valence-corrected chi connectivity index (χ4v) is 4.11. The standard InChI is InChI=1S/C20H24O5S/c1-4-16-15(18(21)22)11-12-17(19(23)24)20(16,5-2)25-13-7-9-14(10-8-13)26-6-3/h7-12,17H,4-6H2,1-3H3,(H,21,22)(H,23,24). The molecule has 0 radical (unpaired) electrons. The Morgan fingerprint density at radius 3 is 2.27 bits per heavy atom. The summed E-state index contributed by atoms with van der Waals surface area (Å²) in [6.45, 7) is 5.72. The van der Waals surface area contributed by atoms with Crippen molar-refractivity contribution in [1.29, 1.82) is 0 Å². The van der Waals surface area contributed by atoms with Gasteiger partial charge in [-0.2, -0.15) is 0 Å². The third-order valence-corrected chi connectivity index (χ3v) is 5.50. The van der Waals surface area contributed by atoms with Gasteiger partial charge in [0.15, 0.2) is 0 Å². The van der Waals surface area contributed by atoms with Crippen molar-refractivity contribution in [2.45, 2.75) is 44.1 Å². The summed E-state index contributed by atoms with van der Waals surface area (Å²) >= 11 is 1.70. The molecule has 2 rings (SSSR count). The van der Waals surface area contributed by atoms with E-state index in [4.69, 9.17) is 4.74 Å². The van der Waals surface area contributed by atoms with Gasteiger partial charge in [-0.1, -0.05) is 32.9 Å². The lowest BCUT2D eigenvalue weighted by atomic mass is 9.72. The van der Waals surface area contributed by atoms with Gasteiger partial charge >= 0.3 is 11.9 Å². The lowest BCUT2D eigenvalue weighted by molar-refractivity contribution is -0.146. The fraction of sp³-hybridized carbons (Fsp3) is 0.400. The van der Waals surface area contributed by atoms with Gasteiger partial charge in [0, 0.05) is 4.90 Å². The molecule has 0 fully saturated rings. The van der Waals surface area contributed by atoms with E-state index in [-0.39, 0.29) is 5.57 Å². The van der Waals surface area contributed by atoms with Crippen molar-refractivity contribution in [3.05, 3.63) is 47.6 Å². The first-order chi connectivity index (χ1) is 12.4. The first kappa shape index (κ1) is 20.1. The molecule has 1 aliphatic carbocycles. The highest BCUT2D eigenvalue weighted by Gasteiger charge is 2.49. The molecule has 0 aromatic heterocycles. The topological polar surface area (TPSA) is 83.8 Å². The summed E-state index contributed by atoms with van der Waals surface area (Å²) in [5.74, 6) is -1.56. The highest BCUT2D eigenvalue weighted by molar-refractivity contribution is 7.99. The molecule has 6 heteroatoms. The van der Waals surface area contributed by atoms with Gasteiger partial charge in [-0.05, 0) is 48.4 Å². The molecule has 0 bridgehead atoms. The van der Waals surface area contributed by atoms with Gasteiger partial charge in [0.25, 0.3) is 0 Å². The van der Waals surface area contributed by atoms with Crippen LogP contribution >= 0.6 is 11.8 Å². The molecule has 2 unspecified atom stereocenters. The number of hydrogen-bond donors (Lipinski definition) is 2. The number of benzene rings is 1. The smallest absolute Gasteiger partial charge is 0.335 e. The molecule has 0 heterocycles. The second kappa shape index (κ2) is 8.45. The van der Waals surface area contributed by atoms with Crippen LogP contribution in [-0.2, 0) is 9.59 Å². The predicted octanol–water partition coefficient (Wildman–Crippen LogP) is 4.39. The van der Waals surface area contributed by atoms with E-state index in [0.717, 1.165) is 10.6 Å². The second-order valence-electron chi connectivity index (χ2n) is 5.98. The zero-order valence-corrected chi connectivity index (χ0v) is 16.0.